The zero-order chi connectivity index (χ0) is 11.0. The van der Waals surface area contributed by atoms with Gasteiger partial charge in [0.2, 0.25) is 0 Å². The highest BCUT2D eigenvalue weighted by Crippen LogP contribution is 2.24. The fourth-order valence-corrected chi connectivity index (χ4v) is 1.79. The number of aliphatic hydroxyl groups is 1. The van der Waals surface area contributed by atoms with E-state index in [9.17, 15) is 9.90 Å². The highest BCUT2D eigenvalue weighted by Gasteiger charge is 2.31. The molecule has 2 heterocycles. The highest BCUT2D eigenvalue weighted by atomic mass is 79.9. The van der Waals surface area contributed by atoms with Crippen LogP contribution in [0.25, 0.3) is 0 Å². The molecule has 1 atom stereocenters. The molecule has 5 nitrogen and oxygen atoms in total. The highest BCUT2D eigenvalue weighted by molar-refractivity contribution is 9.12. The Morgan fingerprint density at radius 3 is 3.00 bits per heavy atom. The number of nitrogens with zero attached hydrogens (tertiary/aromatic N) is 2. The number of amidine groups is 1. The van der Waals surface area contributed by atoms with E-state index in [2.05, 4.69) is 20.9 Å². The van der Waals surface area contributed by atoms with Crippen molar-refractivity contribution in [2.24, 2.45) is 4.99 Å². The molecular formula is C9H7BrN2O3. The van der Waals surface area contributed by atoms with Gasteiger partial charge in [-0.05, 0) is 28.1 Å². The molecule has 2 rings (SSSR count). The summed E-state index contributed by atoms with van der Waals surface area (Å²) >= 11 is 3.26. The van der Waals surface area contributed by atoms with Gasteiger partial charge in [0.1, 0.15) is 11.4 Å². The summed E-state index contributed by atoms with van der Waals surface area (Å²) in [7, 11) is 0. The number of aliphatic carboxylic acids is 1. The van der Waals surface area contributed by atoms with Crippen molar-refractivity contribution in [3.63, 3.8) is 0 Å². The van der Waals surface area contributed by atoms with Gasteiger partial charge in [0.25, 0.3) is 0 Å². The van der Waals surface area contributed by atoms with Gasteiger partial charge in [-0.3, -0.25) is 0 Å². The fourth-order valence-electron chi connectivity index (χ4n) is 1.33. The molecule has 2 aliphatic rings. The molecule has 0 aromatic heterocycles. The Balaban J connectivity index is 2.44. The van der Waals surface area contributed by atoms with E-state index < -0.39 is 12.2 Å². The van der Waals surface area contributed by atoms with Crippen LogP contribution < -0.4 is 0 Å². The van der Waals surface area contributed by atoms with E-state index in [0.29, 0.717) is 10.3 Å². The third kappa shape index (κ3) is 1.62. The smallest absolute Gasteiger partial charge is 0.337 e. The first kappa shape index (κ1) is 10.1. The van der Waals surface area contributed by atoms with Crippen LogP contribution in [-0.2, 0) is 4.79 Å². The Morgan fingerprint density at radius 2 is 2.33 bits per heavy atom. The van der Waals surface area contributed by atoms with Gasteiger partial charge in [-0.15, -0.1) is 0 Å². The van der Waals surface area contributed by atoms with Crippen LogP contribution in [0.2, 0.25) is 0 Å². The quantitative estimate of drug-likeness (QED) is 0.739. The maximum atomic E-state index is 10.7. The average molecular weight is 271 g/mol. The van der Waals surface area contributed by atoms with Gasteiger partial charge in [-0.25, -0.2) is 9.79 Å². The van der Waals surface area contributed by atoms with Gasteiger partial charge < -0.3 is 15.1 Å². The predicted octanol–water partition coefficient (Wildman–Crippen LogP) is 0.794. The largest absolute Gasteiger partial charge is 0.478 e. The van der Waals surface area contributed by atoms with Crippen molar-refractivity contribution in [3.8, 4) is 0 Å². The third-order valence-corrected chi connectivity index (χ3v) is 2.68. The maximum absolute atomic E-state index is 10.7. The number of halogens is 1. The molecule has 0 saturated carbocycles. The molecule has 6 heteroatoms. The number of hydrogen-bond acceptors (Lipinski definition) is 4. The molecule has 2 aliphatic heterocycles. The van der Waals surface area contributed by atoms with Crippen LogP contribution in [0.1, 0.15) is 0 Å². The molecule has 0 aromatic carbocycles. The number of aliphatic imine (C=N–C) groups is 1. The first-order valence-corrected chi connectivity index (χ1v) is 4.92. The summed E-state index contributed by atoms with van der Waals surface area (Å²) in [4.78, 5) is 16.1. The van der Waals surface area contributed by atoms with E-state index in [1.807, 2.05) is 0 Å². The second-order valence-electron chi connectivity index (χ2n) is 2.98. The molecule has 0 radical (unpaired) electrons. The Labute approximate surface area is 93.9 Å². The van der Waals surface area contributed by atoms with Gasteiger partial charge >= 0.3 is 5.97 Å². The molecule has 0 bridgehead atoms. The minimum atomic E-state index is -1.20. The van der Waals surface area contributed by atoms with Gasteiger partial charge in [-0.1, -0.05) is 0 Å². The zero-order valence-electron chi connectivity index (χ0n) is 7.46. The summed E-state index contributed by atoms with van der Waals surface area (Å²) in [6.45, 7) is 0. The minimum Gasteiger partial charge on any atom is -0.478 e. The molecule has 2 N–H and O–H groups in total. The van der Waals surface area contributed by atoms with Crippen molar-refractivity contribution in [2.45, 2.75) is 6.23 Å². The topological polar surface area (TPSA) is 73.1 Å². The standard InChI is InChI=1S/C9H7BrN2O3/c10-6-2-1-3-12-7(6)11-4-5(8(12)13)9(14)15/h1-4,8,13H,(H,14,15)/t8-/m0/s1. The Bertz CT molecular complexity index is 437. The molecule has 0 aliphatic carbocycles. The van der Waals surface area contributed by atoms with Crippen LogP contribution in [0.3, 0.4) is 0 Å². The van der Waals surface area contributed by atoms with Gasteiger partial charge in [0.15, 0.2) is 6.23 Å². The van der Waals surface area contributed by atoms with Crippen molar-refractivity contribution in [3.05, 3.63) is 34.6 Å². The van der Waals surface area contributed by atoms with Crippen LogP contribution in [0, 0.1) is 0 Å². The van der Waals surface area contributed by atoms with Crippen molar-refractivity contribution < 1.29 is 15.0 Å². The molecular weight excluding hydrogens is 264 g/mol. The van der Waals surface area contributed by atoms with Gasteiger partial charge in [0, 0.05) is 12.4 Å². The number of allylic oxidation sites excluding steroid dienone is 2. The first-order chi connectivity index (χ1) is 7.11. The summed E-state index contributed by atoms with van der Waals surface area (Å²) in [6, 6.07) is 0. The maximum Gasteiger partial charge on any atom is 0.337 e. The van der Waals surface area contributed by atoms with E-state index in [4.69, 9.17) is 5.11 Å². The van der Waals surface area contributed by atoms with Crippen molar-refractivity contribution in [1.82, 2.24) is 4.90 Å². The average Bonchev–Trinajstić information content (AvgIpc) is 2.19. The van der Waals surface area contributed by atoms with E-state index in [-0.39, 0.29) is 5.57 Å². The van der Waals surface area contributed by atoms with Gasteiger partial charge in [0.05, 0.1) is 4.48 Å². The second kappa shape index (κ2) is 3.63. The number of carboxylic acid groups (broad SMARTS) is 1. The monoisotopic (exact) mass is 270 g/mol. The molecule has 15 heavy (non-hydrogen) atoms. The molecule has 0 unspecified atom stereocenters. The lowest BCUT2D eigenvalue weighted by atomic mass is 10.2. The lowest BCUT2D eigenvalue weighted by Crippen LogP contribution is -2.42. The fraction of sp³-hybridized carbons (Fsp3) is 0.111. The van der Waals surface area contributed by atoms with Crippen LogP contribution >= 0.6 is 15.9 Å². The number of carbonyl (C=O) groups is 1. The first-order valence-electron chi connectivity index (χ1n) is 4.13. The molecule has 78 valence electrons. The Morgan fingerprint density at radius 1 is 1.60 bits per heavy atom. The van der Waals surface area contributed by atoms with Gasteiger partial charge in [-0.2, -0.15) is 0 Å². The predicted molar refractivity (Wildman–Crippen MR) is 57.1 cm³/mol. The summed E-state index contributed by atoms with van der Waals surface area (Å²) in [5.74, 6) is -0.681. The second-order valence-corrected chi connectivity index (χ2v) is 3.83. The minimum absolute atomic E-state index is 0.148. The molecule has 0 spiro atoms. The summed E-state index contributed by atoms with van der Waals surface area (Å²) in [5.41, 5.74) is -0.148. The van der Waals surface area contributed by atoms with Crippen LogP contribution in [-0.4, -0.2) is 33.1 Å². The molecule has 0 fully saturated rings. The van der Waals surface area contributed by atoms with E-state index in [1.165, 1.54) is 4.90 Å². The number of rotatable bonds is 1. The Kier molecular flexibility index (Phi) is 2.45. The van der Waals surface area contributed by atoms with Crippen molar-refractivity contribution >= 4 is 27.7 Å². The molecule has 0 aromatic rings. The normalized spacial score (nSPS) is 24.0. The third-order valence-electron chi connectivity index (χ3n) is 2.06. The lowest BCUT2D eigenvalue weighted by molar-refractivity contribution is -0.134. The van der Waals surface area contributed by atoms with Crippen LogP contribution in [0.4, 0.5) is 0 Å². The van der Waals surface area contributed by atoms with E-state index >= 15 is 0 Å². The number of fused-ring (bicyclic) bond motifs is 1. The van der Waals surface area contributed by atoms with E-state index in [1.54, 1.807) is 18.4 Å². The Hall–Kier alpha value is -1.40. The van der Waals surface area contributed by atoms with Crippen LogP contribution in [0.15, 0.2) is 39.6 Å². The van der Waals surface area contributed by atoms with E-state index in [0.717, 1.165) is 6.20 Å². The summed E-state index contributed by atoms with van der Waals surface area (Å²) in [6.07, 6.45) is 4.99. The number of carboxylic acids is 1. The molecule has 0 saturated heterocycles. The number of aliphatic hydroxyl groups excluding tert-OH is 1. The molecule has 0 amide bonds. The SMILES string of the molecule is O=C(O)C1=CN=C2C(Br)=CC=CN2[C@H]1O. The lowest BCUT2D eigenvalue weighted by Gasteiger charge is -2.31. The summed E-state index contributed by atoms with van der Waals surface area (Å²) in [5, 5.41) is 18.5. The van der Waals surface area contributed by atoms with Crippen molar-refractivity contribution in [1.29, 1.82) is 0 Å². The van der Waals surface area contributed by atoms with Crippen LogP contribution in [0.5, 0.6) is 0 Å². The number of hydrogen-bond donors (Lipinski definition) is 2. The van der Waals surface area contributed by atoms with Crippen molar-refractivity contribution in [2.75, 3.05) is 0 Å². The summed E-state index contributed by atoms with van der Waals surface area (Å²) < 4.78 is 0.699. The zero-order valence-corrected chi connectivity index (χ0v) is 9.05.